The molecule has 3 heterocycles. The number of rotatable bonds is 3. The van der Waals surface area contributed by atoms with Crippen LogP contribution in [0.15, 0.2) is 12.4 Å². The molecule has 1 aliphatic heterocycles. The summed E-state index contributed by atoms with van der Waals surface area (Å²) in [6, 6.07) is 2.09. The van der Waals surface area contributed by atoms with Crippen molar-refractivity contribution in [3.05, 3.63) is 35.2 Å². The van der Waals surface area contributed by atoms with Gasteiger partial charge in [-0.05, 0) is 13.0 Å². The fourth-order valence-corrected chi connectivity index (χ4v) is 3.35. The van der Waals surface area contributed by atoms with Gasteiger partial charge in [-0.2, -0.15) is 5.10 Å². The van der Waals surface area contributed by atoms with Crippen molar-refractivity contribution in [3.8, 4) is 0 Å². The van der Waals surface area contributed by atoms with E-state index in [-0.39, 0.29) is 11.8 Å². The van der Waals surface area contributed by atoms with Gasteiger partial charge in [0.05, 0.1) is 35.0 Å². The smallest absolute Gasteiger partial charge is 0.232 e. The van der Waals surface area contributed by atoms with E-state index < -0.39 is 0 Å². The molecule has 3 rings (SSSR count). The summed E-state index contributed by atoms with van der Waals surface area (Å²) in [5, 5.41) is 4.40. The van der Waals surface area contributed by atoms with Crippen LogP contribution in [0.5, 0.6) is 0 Å². The zero-order valence-electron chi connectivity index (χ0n) is 14.4. The molecule has 1 amide bonds. The van der Waals surface area contributed by atoms with Crippen LogP contribution in [0.4, 0.5) is 0 Å². The number of nitrogens with zero attached hydrogens (tertiary/aromatic N) is 6. The second kappa shape index (κ2) is 5.81. The lowest BCUT2D eigenvalue weighted by molar-refractivity contribution is -0.131. The standard InChI is InChI=1S/C16H24N6O/c1-11-6-12(21(5)18-11)7-22-8-13(16(23)19(2)3)15-14(9-22)17-10-20(15)4/h6,10,13H,7-9H2,1-5H3/t13-/m1/s1. The van der Waals surface area contributed by atoms with Gasteiger partial charge in [-0.3, -0.25) is 14.4 Å². The first-order valence-electron chi connectivity index (χ1n) is 7.80. The fourth-order valence-electron chi connectivity index (χ4n) is 3.35. The summed E-state index contributed by atoms with van der Waals surface area (Å²) in [6.45, 7) is 4.23. The number of hydrogen-bond acceptors (Lipinski definition) is 4. The van der Waals surface area contributed by atoms with Crippen molar-refractivity contribution >= 4 is 5.91 Å². The number of aryl methyl sites for hydroxylation is 3. The molecule has 2 aromatic heterocycles. The van der Waals surface area contributed by atoms with Crippen LogP contribution in [-0.4, -0.2) is 55.7 Å². The number of carbonyl (C=O) groups excluding carboxylic acids is 1. The molecule has 0 saturated heterocycles. The maximum Gasteiger partial charge on any atom is 0.232 e. The highest BCUT2D eigenvalue weighted by Crippen LogP contribution is 2.29. The molecule has 1 aliphatic rings. The average molecular weight is 316 g/mol. The van der Waals surface area contributed by atoms with Gasteiger partial charge in [0.25, 0.3) is 0 Å². The van der Waals surface area contributed by atoms with Gasteiger partial charge in [0.1, 0.15) is 0 Å². The molecular weight excluding hydrogens is 292 g/mol. The molecule has 2 aromatic rings. The number of likely N-dealkylation sites (N-methyl/N-ethyl adjacent to an activating group) is 1. The van der Waals surface area contributed by atoms with Crippen molar-refractivity contribution < 1.29 is 4.79 Å². The van der Waals surface area contributed by atoms with E-state index in [1.54, 1.807) is 11.2 Å². The van der Waals surface area contributed by atoms with Crippen molar-refractivity contribution in [1.29, 1.82) is 0 Å². The van der Waals surface area contributed by atoms with Crippen molar-refractivity contribution in [1.82, 2.24) is 29.1 Å². The zero-order chi connectivity index (χ0) is 16.7. The summed E-state index contributed by atoms with van der Waals surface area (Å²) in [5.41, 5.74) is 4.20. The molecule has 23 heavy (non-hydrogen) atoms. The minimum Gasteiger partial charge on any atom is -0.348 e. The summed E-state index contributed by atoms with van der Waals surface area (Å²) < 4.78 is 3.89. The molecule has 7 nitrogen and oxygen atoms in total. The third-order valence-electron chi connectivity index (χ3n) is 4.43. The highest BCUT2D eigenvalue weighted by atomic mass is 16.2. The second-order valence-electron chi connectivity index (χ2n) is 6.54. The quantitative estimate of drug-likeness (QED) is 0.834. The van der Waals surface area contributed by atoms with Crippen LogP contribution in [0.1, 0.15) is 28.7 Å². The number of fused-ring (bicyclic) bond motifs is 1. The Balaban J connectivity index is 1.88. The fraction of sp³-hybridized carbons (Fsp3) is 0.562. The number of carbonyl (C=O) groups is 1. The molecule has 1 atom stereocenters. The molecule has 0 aromatic carbocycles. The zero-order valence-corrected chi connectivity index (χ0v) is 14.4. The van der Waals surface area contributed by atoms with Crippen LogP contribution >= 0.6 is 0 Å². The van der Waals surface area contributed by atoms with E-state index in [1.165, 1.54) is 0 Å². The van der Waals surface area contributed by atoms with Gasteiger partial charge in [0.15, 0.2) is 0 Å². The molecule has 0 unspecified atom stereocenters. The minimum atomic E-state index is -0.171. The SMILES string of the molecule is Cc1cc(CN2Cc3ncn(C)c3[C@H](C(=O)N(C)C)C2)n(C)n1. The molecule has 0 spiro atoms. The first-order valence-corrected chi connectivity index (χ1v) is 7.80. The van der Waals surface area contributed by atoms with E-state index in [1.807, 2.05) is 44.4 Å². The normalized spacial score (nSPS) is 18.0. The minimum absolute atomic E-state index is 0.126. The van der Waals surface area contributed by atoms with Gasteiger partial charge in [-0.1, -0.05) is 0 Å². The van der Waals surface area contributed by atoms with E-state index in [0.717, 1.165) is 35.9 Å². The predicted octanol–water partition coefficient (Wildman–Crippen LogP) is 0.650. The Bertz CT molecular complexity index is 729. The Hall–Kier alpha value is -2.15. The summed E-state index contributed by atoms with van der Waals surface area (Å²) >= 11 is 0. The highest BCUT2D eigenvalue weighted by Gasteiger charge is 2.34. The van der Waals surface area contributed by atoms with Crippen LogP contribution in [-0.2, 0) is 32.0 Å². The lowest BCUT2D eigenvalue weighted by Gasteiger charge is -2.33. The lowest BCUT2D eigenvalue weighted by Crippen LogP contribution is -2.41. The maximum absolute atomic E-state index is 12.6. The maximum atomic E-state index is 12.6. The average Bonchev–Trinajstić information content (AvgIpc) is 3.00. The number of amides is 1. The Morgan fingerprint density at radius 2 is 2.13 bits per heavy atom. The van der Waals surface area contributed by atoms with Gasteiger partial charge in [0, 0.05) is 47.8 Å². The molecule has 124 valence electrons. The second-order valence-corrected chi connectivity index (χ2v) is 6.54. The summed E-state index contributed by atoms with van der Waals surface area (Å²) in [4.78, 5) is 21.1. The molecule has 0 radical (unpaired) electrons. The summed E-state index contributed by atoms with van der Waals surface area (Å²) in [5.74, 6) is -0.0451. The van der Waals surface area contributed by atoms with Gasteiger partial charge < -0.3 is 9.47 Å². The van der Waals surface area contributed by atoms with Crippen molar-refractivity contribution in [3.63, 3.8) is 0 Å². The van der Waals surface area contributed by atoms with Crippen LogP contribution < -0.4 is 0 Å². The Morgan fingerprint density at radius 1 is 1.39 bits per heavy atom. The van der Waals surface area contributed by atoms with Gasteiger partial charge in [-0.15, -0.1) is 0 Å². The van der Waals surface area contributed by atoms with Gasteiger partial charge in [-0.25, -0.2) is 4.98 Å². The molecule has 7 heteroatoms. The molecule has 0 N–H and O–H groups in total. The van der Waals surface area contributed by atoms with E-state index in [4.69, 9.17) is 0 Å². The third-order valence-corrected chi connectivity index (χ3v) is 4.43. The first-order chi connectivity index (χ1) is 10.9. The molecule has 0 bridgehead atoms. The van der Waals surface area contributed by atoms with Crippen LogP contribution in [0.3, 0.4) is 0 Å². The lowest BCUT2D eigenvalue weighted by atomic mass is 9.96. The van der Waals surface area contributed by atoms with Crippen LogP contribution in [0.25, 0.3) is 0 Å². The van der Waals surface area contributed by atoms with Crippen molar-refractivity contribution in [2.45, 2.75) is 25.9 Å². The molecule has 0 fully saturated rings. The third kappa shape index (κ3) is 2.88. The Kier molecular flexibility index (Phi) is 3.97. The summed E-state index contributed by atoms with van der Waals surface area (Å²) in [6.07, 6.45) is 1.80. The van der Waals surface area contributed by atoms with E-state index in [9.17, 15) is 4.79 Å². The Morgan fingerprint density at radius 3 is 2.74 bits per heavy atom. The number of hydrogen-bond donors (Lipinski definition) is 0. The van der Waals surface area contributed by atoms with Gasteiger partial charge in [0.2, 0.25) is 5.91 Å². The highest BCUT2D eigenvalue weighted by molar-refractivity contribution is 5.83. The van der Waals surface area contributed by atoms with Gasteiger partial charge >= 0.3 is 0 Å². The largest absolute Gasteiger partial charge is 0.348 e. The van der Waals surface area contributed by atoms with Crippen LogP contribution in [0.2, 0.25) is 0 Å². The monoisotopic (exact) mass is 316 g/mol. The van der Waals surface area contributed by atoms with E-state index >= 15 is 0 Å². The van der Waals surface area contributed by atoms with Crippen LogP contribution in [0, 0.1) is 6.92 Å². The number of aromatic nitrogens is 4. The first kappa shape index (κ1) is 15.7. The topological polar surface area (TPSA) is 59.2 Å². The predicted molar refractivity (Wildman–Crippen MR) is 86.7 cm³/mol. The van der Waals surface area contributed by atoms with Crippen molar-refractivity contribution in [2.24, 2.45) is 14.1 Å². The number of imidazole rings is 1. The van der Waals surface area contributed by atoms with E-state index in [2.05, 4.69) is 21.0 Å². The molecule has 0 saturated carbocycles. The van der Waals surface area contributed by atoms with E-state index in [0.29, 0.717) is 6.54 Å². The summed E-state index contributed by atoms with van der Waals surface area (Å²) in [7, 11) is 7.53. The van der Waals surface area contributed by atoms with Crippen molar-refractivity contribution in [2.75, 3.05) is 20.6 Å². The molecular formula is C16H24N6O. The molecule has 0 aliphatic carbocycles. The Labute approximate surface area is 136 Å².